The van der Waals surface area contributed by atoms with Crippen LogP contribution in [0.5, 0.6) is 0 Å². The number of aromatic nitrogens is 16. The zero-order valence-electron chi connectivity index (χ0n) is 68.5. The number of nitriles is 2. The summed E-state index contributed by atoms with van der Waals surface area (Å²) in [5.74, 6) is 0.156. The fourth-order valence-corrected chi connectivity index (χ4v) is 12.2. The van der Waals surface area contributed by atoms with Gasteiger partial charge in [0.2, 0.25) is 89.6 Å². The van der Waals surface area contributed by atoms with E-state index in [-0.39, 0.29) is 74.2 Å². The Balaban J connectivity index is 0.000000157. The van der Waals surface area contributed by atoms with Crippen LogP contribution in [0.1, 0.15) is 33.4 Å². The van der Waals surface area contributed by atoms with Gasteiger partial charge in [-0.1, -0.05) is 65.2 Å². The van der Waals surface area contributed by atoms with Gasteiger partial charge in [-0.15, -0.1) is 48.9 Å². The van der Waals surface area contributed by atoms with E-state index in [4.69, 9.17) is 54.6 Å². The third-order valence-electron chi connectivity index (χ3n) is 17.1. The minimum absolute atomic E-state index is 0.0245. The molecule has 9 aromatic carbocycles. The van der Waals surface area contributed by atoms with Crippen molar-refractivity contribution in [1.29, 1.82) is 10.5 Å². The third kappa shape index (κ3) is 26.5. The lowest BCUT2D eigenvalue weighted by atomic mass is 10.2. The Morgan fingerprint density at radius 1 is 0.292 bits per heavy atom. The average Bonchev–Trinajstić information content (AvgIpc) is 1.68. The van der Waals surface area contributed by atoms with Crippen molar-refractivity contribution in [2.24, 2.45) is 15.4 Å². The number of aryl methyl sites for hydroxylation is 4. The summed E-state index contributed by atoms with van der Waals surface area (Å²) in [6, 6.07) is 64.2. The van der Waals surface area contributed by atoms with Gasteiger partial charge in [0, 0.05) is 57.4 Å². The van der Waals surface area contributed by atoms with Gasteiger partial charge >= 0.3 is 30.2 Å². The predicted octanol–water partition coefficient (Wildman–Crippen LogP) is 9.73. The van der Waals surface area contributed by atoms with Crippen molar-refractivity contribution in [3.8, 4) is 12.1 Å². The molecule has 0 aliphatic rings. The van der Waals surface area contributed by atoms with Crippen LogP contribution in [0.15, 0.2) is 258 Å². The van der Waals surface area contributed by atoms with E-state index in [1.54, 1.807) is 109 Å². The van der Waals surface area contributed by atoms with E-state index >= 15 is 0 Å². The second-order valence-corrected chi connectivity index (χ2v) is 31.8. The Kier molecular flexibility index (Phi) is 29.5. The maximum Gasteiger partial charge on any atom is 0.349 e. The van der Waals surface area contributed by atoms with E-state index in [1.165, 1.54) is 79.0 Å². The Morgan fingerprint density at radius 2 is 0.523 bits per heavy atom. The van der Waals surface area contributed by atoms with Crippen molar-refractivity contribution in [3.05, 3.63) is 276 Å². The highest BCUT2D eigenvalue weighted by Crippen LogP contribution is 2.25. The molecule has 0 bridgehead atoms. The highest BCUT2D eigenvalue weighted by molar-refractivity contribution is 7.89. The van der Waals surface area contributed by atoms with E-state index in [0.29, 0.717) is 68.0 Å². The number of pyridine rings is 1. The molecule has 130 heavy (non-hydrogen) atoms. The number of benzene rings is 9. The Bertz CT molecular complexity index is 6860. The van der Waals surface area contributed by atoms with Gasteiger partial charge in [-0.2, -0.15) is 35.4 Å². The van der Waals surface area contributed by atoms with E-state index in [0.717, 1.165) is 45.7 Å². The summed E-state index contributed by atoms with van der Waals surface area (Å²) in [7, 11) is -11.3. The summed E-state index contributed by atoms with van der Waals surface area (Å²) in [4.78, 5) is 85.1. The van der Waals surface area contributed by atoms with Crippen molar-refractivity contribution in [2.75, 3.05) is 81.8 Å². The molecule has 0 aliphatic heterocycles. The van der Waals surface area contributed by atoms with Crippen LogP contribution in [0.25, 0.3) is 0 Å². The van der Waals surface area contributed by atoms with Gasteiger partial charge in [-0.05, 0) is 215 Å². The molecule has 0 saturated carbocycles. The molecule has 0 atom stereocenters. The molecule has 50 heteroatoms. The molecule has 0 fully saturated rings. The topological polar surface area (TPSA) is 730 Å². The SMILES string of the molecule is Cc1ccc(NC(=O)n2nc(Nc3ccc(C#N)cc3)nc2N)cc1.Cc1ccc(NC(=O)n2nc(Nc3ccc(S(N)(=O)=O)cc3)nc2N)cc1.Cc1ccc(NC(=O)n2nc(Nc3ccc(S(N)(=O)=O)cc3)nc2N)cc1.Cc1cccc(NC(=O)n2nc(Nc3ccc(C#N)cc3)nc2N)c1.Nc1nc(Nc2ccc(S(N)(=O)=O)cc2)nn1C(=O)Nc1cccnc1. The number of primary sulfonamides is 3. The van der Waals surface area contributed by atoms with Crippen molar-refractivity contribution in [1.82, 2.24) is 78.8 Å². The van der Waals surface area contributed by atoms with E-state index in [1.807, 2.05) is 94.4 Å². The molecule has 6 aromatic heterocycles. The van der Waals surface area contributed by atoms with Crippen LogP contribution < -0.4 is 97.3 Å². The monoisotopic (exact) mass is 1810 g/mol. The lowest BCUT2D eigenvalue weighted by molar-refractivity contribution is 0.250. The number of sulfonamides is 3. The van der Waals surface area contributed by atoms with Gasteiger partial charge < -0.3 is 81.8 Å². The summed E-state index contributed by atoms with van der Waals surface area (Å²) in [5.41, 5.74) is 39.8. The van der Waals surface area contributed by atoms with Gasteiger partial charge in [0.25, 0.3) is 0 Å². The molecule has 15 rings (SSSR count). The first kappa shape index (κ1) is 92.6. The minimum Gasteiger partial charge on any atom is -0.368 e. The molecule has 47 nitrogen and oxygen atoms in total. The van der Waals surface area contributed by atoms with Gasteiger partial charge in [0.05, 0.1) is 49.8 Å². The molecule has 15 aromatic rings. The van der Waals surface area contributed by atoms with Crippen LogP contribution in [0.4, 0.5) is 140 Å². The van der Waals surface area contributed by atoms with Crippen LogP contribution in [0.3, 0.4) is 0 Å². The van der Waals surface area contributed by atoms with Crippen LogP contribution in [-0.2, 0) is 30.1 Å². The molecule has 26 N–H and O–H groups in total. The molecule has 0 aliphatic carbocycles. The van der Waals surface area contributed by atoms with Crippen molar-refractivity contribution >= 4 is 177 Å². The number of nitrogens with one attached hydrogen (secondary N) is 10. The second-order valence-electron chi connectivity index (χ2n) is 27.1. The minimum atomic E-state index is -3.78. The standard InChI is InChI=1S/2C17H15N7O.2C16H17N7O3S.C14H14N8O3S/c1-11-2-6-14(7-3-11)21-17(25)24-15(19)22-16(23-24)20-13-8-4-12(10-18)5-9-13;1-11-3-2-4-14(9-11)21-17(25)24-15(19)22-16(23-24)20-13-7-5-12(10-18)6-8-13;2*1-10-2-4-12(5-3-10)20-16(24)23-14(17)21-15(22-23)19-11-6-8-13(9-7-11)27(18,25)26;15-12-20-13(18-9-3-5-11(6-4-9)26(16,24)25)21-22(12)14(23)19-10-2-1-7-17-8-10/h2*2-9H,1H3,(H,21,25)(H3,19,20,22,23);2*2-9H,1H3,(H,20,24)(H2,18,25,26)(H3,17,19,21,22);1-8H,(H,19,23)(H2,16,24,25)(H3,15,18,20,21). The molecule has 0 saturated heterocycles. The number of amides is 5. The highest BCUT2D eigenvalue weighted by Gasteiger charge is 2.22. The predicted molar refractivity (Wildman–Crippen MR) is 485 cm³/mol. The average molecular weight is 1820 g/mol. The molecule has 662 valence electrons. The number of nitrogens with two attached hydrogens (primary N) is 8. The molecule has 0 radical (unpaired) electrons. The van der Waals surface area contributed by atoms with E-state index < -0.39 is 60.2 Å². The van der Waals surface area contributed by atoms with E-state index in [2.05, 4.69) is 109 Å². The lowest BCUT2D eigenvalue weighted by Crippen LogP contribution is -2.22. The highest BCUT2D eigenvalue weighted by atomic mass is 32.2. The smallest absolute Gasteiger partial charge is 0.349 e. The first-order chi connectivity index (χ1) is 61.9. The van der Waals surface area contributed by atoms with Crippen molar-refractivity contribution in [3.63, 3.8) is 0 Å². The van der Waals surface area contributed by atoms with Crippen molar-refractivity contribution < 1.29 is 49.2 Å². The van der Waals surface area contributed by atoms with Crippen LogP contribution in [0, 0.1) is 50.4 Å². The normalized spacial score (nSPS) is 10.7. The first-order valence-corrected chi connectivity index (χ1v) is 42.1. The first-order valence-electron chi connectivity index (χ1n) is 37.5. The summed E-state index contributed by atoms with van der Waals surface area (Å²) in [6.45, 7) is 7.77. The maximum absolute atomic E-state index is 12.3. The molecular formula is C80H78N36O11S3. The zero-order chi connectivity index (χ0) is 93.6. The molecule has 5 amide bonds. The number of carbonyl (C=O) groups excluding carboxylic acids is 5. The molecule has 6 heterocycles. The fraction of sp³-hybridized carbons (Fsp3) is 0.0500. The summed E-state index contributed by atoms with van der Waals surface area (Å²) >= 11 is 0. The number of nitrogen functional groups attached to an aromatic ring is 5. The van der Waals surface area contributed by atoms with Gasteiger partial charge in [0.1, 0.15) is 0 Å². The molecular weight excluding hydrogens is 1740 g/mol. The number of hydrogen-bond acceptors (Lipinski definition) is 34. The largest absolute Gasteiger partial charge is 0.368 e. The quantitative estimate of drug-likeness (QED) is 0.0380. The Labute approximate surface area is 739 Å². The van der Waals surface area contributed by atoms with Gasteiger partial charge in [0.15, 0.2) is 0 Å². The summed E-state index contributed by atoms with van der Waals surface area (Å²) in [6.07, 6.45) is 3.04. The maximum atomic E-state index is 12.3. The Morgan fingerprint density at radius 3 is 0.754 bits per heavy atom. The van der Waals surface area contributed by atoms with Gasteiger partial charge in [-0.3, -0.25) is 4.98 Å². The number of rotatable bonds is 18. The molecule has 0 spiro atoms. The van der Waals surface area contributed by atoms with E-state index in [9.17, 15) is 49.2 Å². The number of nitrogens with zero attached hydrogens (tertiary/aromatic N) is 18. The van der Waals surface area contributed by atoms with Crippen LogP contribution in [0.2, 0.25) is 0 Å². The van der Waals surface area contributed by atoms with Crippen LogP contribution in [-0.4, -0.2) is 134 Å². The van der Waals surface area contributed by atoms with Crippen molar-refractivity contribution in [2.45, 2.75) is 42.4 Å². The van der Waals surface area contributed by atoms with Gasteiger partial charge in [-0.25, -0.2) is 64.6 Å². The van der Waals surface area contributed by atoms with Crippen LogP contribution >= 0.6 is 0 Å². The number of hydrogen-bond donors (Lipinski definition) is 18. The Hall–Kier alpha value is -18.1. The number of carbonyl (C=O) groups is 5. The third-order valence-corrected chi connectivity index (χ3v) is 19.9. The second kappa shape index (κ2) is 41.4. The summed E-state index contributed by atoms with van der Waals surface area (Å²) < 4.78 is 72.2. The fourth-order valence-electron chi connectivity index (χ4n) is 10.7. The lowest BCUT2D eigenvalue weighted by Gasteiger charge is -2.05. The summed E-state index contributed by atoms with van der Waals surface area (Å²) in [5, 5.41) is 80.5. The molecule has 0 unspecified atom stereocenters. The number of anilines is 20. The zero-order valence-corrected chi connectivity index (χ0v) is 70.9.